The van der Waals surface area contributed by atoms with Gasteiger partial charge in [0, 0.05) is 55.0 Å². The number of hydrogen-bond donors (Lipinski definition) is 0. The molecule has 1 amide bonds. The molecule has 2 unspecified atom stereocenters. The van der Waals surface area contributed by atoms with E-state index >= 15 is 4.39 Å². The zero-order valence-electron chi connectivity index (χ0n) is 22.7. The molecule has 2 aromatic carbocycles. The van der Waals surface area contributed by atoms with Gasteiger partial charge in [0.1, 0.15) is 18.0 Å². The molecule has 1 saturated heterocycles. The highest BCUT2D eigenvalue weighted by Crippen LogP contribution is 2.46. The topological polar surface area (TPSA) is 71.5 Å². The molecule has 8 nitrogen and oxygen atoms in total. The van der Waals surface area contributed by atoms with Gasteiger partial charge in [-0.25, -0.2) is 14.2 Å². The van der Waals surface area contributed by atoms with Crippen molar-refractivity contribution in [3.8, 4) is 22.5 Å². The Bertz CT molecular complexity index is 1780. The molecule has 8 rings (SSSR count). The SMILES string of the molecule is [C-]#[N+]c1ccc(-c2cc(C3CC3)nc(N3Cc4c(F)cc(CN5CC6CC6C5)cc4C3=O)c2)c(-c2nncn2C)c1. The van der Waals surface area contributed by atoms with E-state index in [9.17, 15) is 4.79 Å². The van der Waals surface area contributed by atoms with Gasteiger partial charge in [0.25, 0.3) is 5.91 Å². The number of hydrogen-bond acceptors (Lipinski definition) is 5. The van der Waals surface area contributed by atoms with E-state index in [0.29, 0.717) is 40.9 Å². The van der Waals surface area contributed by atoms with Crippen molar-refractivity contribution in [1.82, 2.24) is 24.6 Å². The second kappa shape index (κ2) is 9.05. The average molecular weight is 546 g/mol. The lowest BCUT2D eigenvalue weighted by atomic mass is 9.97. The van der Waals surface area contributed by atoms with Crippen molar-refractivity contribution in [2.45, 2.75) is 38.3 Å². The largest absolute Gasteiger partial charge is 0.317 e. The molecule has 2 aromatic heterocycles. The van der Waals surface area contributed by atoms with Gasteiger partial charge in [0.2, 0.25) is 0 Å². The fourth-order valence-corrected chi connectivity index (χ4v) is 6.56. The Morgan fingerprint density at radius 2 is 1.88 bits per heavy atom. The fourth-order valence-electron chi connectivity index (χ4n) is 6.56. The third-order valence-corrected chi connectivity index (χ3v) is 9.01. The number of fused-ring (bicyclic) bond motifs is 2. The van der Waals surface area contributed by atoms with Crippen LogP contribution in [-0.2, 0) is 20.1 Å². The summed E-state index contributed by atoms with van der Waals surface area (Å²) in [6.45, 7) is 10.5. The number of pyridine rings is 1. The molecule has 41 heavy (non-hydrogen) atoms. The first-order chi connectivity index (χ1) is 19.9. The molecule has 2 aliphatic heterocycles. The van der Waals surface area contributed by atoms with Crippen LogP contribution in [0, 0.1) is 24.2 Å². The van der Waals surface area contributed by atoms with E-state index in [4.69, 9.17) is 11.6 Å². The van der Waals surface area contributed by atoms with Crippen molar-refractivity contribution in [3.63, 3.8) is 0 Å². The Labute approximate surface area is 237 Å². The Morgan fingerprint density at radius 3 is 2.61 bits per heavy atom. The van der Waals surface area contributed by atoms with Gasteiger partial charge in [-0.3, -0.25) is 14.6 Å². The van der Waals surface area contributed by atoms with E-state index in [1.165, 1.54) is 6.42 Å². The van der Waals surface area contributed by atoms with Crippen LogP contribution in [0.5, 0.6) is 0 Å². The Kier molecular flexibility index (Phi) is 5.38. The molecule has 2 atom stereocenters. The molecule has 2 aliphatic carbocycles. The van der Waals surface area contributed by atoms with Crippen LogP contribution in [0.15, 0.2) is 48.8 Å². The lowest BCUT2D eigenvalue weighted by Gasteiger charge is -2.19. The summed E-state index contributed by atoms with van der Waals surface area (Å²) < 4.78 is 17.2. The number of benzene rings is 2. The van der Waals surface area contributed by atoms with Gasteiger partial charge in [-0.2, -0.15) is 0 Å². The minimum atomic E-state index is -0.324. The highest BCUT2D eigenvalue weighted by Gasteiger charge is 2.45. The van der Waals surface area contributed by atoms with Crippen molar-refractivity contribution in [3.05, 3.63) is 88.4 Å². The van der Waals surface area contributed by atoms with Crippen molar-refractivity contribution in [2.24, 2.45) is 18.9 Å². The maximum Gasteiger partial charge on any atom is 0.260 e. The first-order valence-corrected chi connectivity index (χ1v) is 14.2. The quantitative estimate of drug-likeness (QED) is 0.290. The van der Waals surface area contributed by atoms with Crippen LogP contribution in [0.2, 0.25) is 0 Å². The minimum absolute atomic E-state index is 0.154. The third-order valence-electron chi connectivity index (χ3n) is 9.01. The Morgan fingerprint density at radius 1 is 1.05 bits per heavy atom. The summed E-state index contributed by atoms with van der Waals surface area (Å²) in [5.74, 6) is 2.57. The van der Waals surface area contributed by atoms with Gasteiger partial charge in [-0.15, -0.1) is 10.2 Å². The summed E-state index contributed by atoms with van der Waals surface area (Å²) in [5.41, 5.74) is 5.69. The minimum Gasteiger partial charge on any atom is -0.317 e. The second-order valence-electron chi connectivity index (χ2n) is 12.0. The van der Waals surface area contributed by atoms with Gasteiger partial charge >= 0.3 is 0 Å². The number of likely N-dealkylation sites (tertiary alicyclic amines) is 1. The molecule has 4 heterocycles. The monoisotopic (exact) mass is 545 g/mol. The van der Waals surface area contributed by atoms with Gasteiger partial charge in [-0.05, 0) is 78.1 Å². The number of anilines is 1. The van der Waals surface area contributed by atoms with E-state index in [2.05, 4.69) is 26.0 Å². The maximum absolute atomic E-state index is 15.4. The summed E-state index contributed by atoms with van der Waals surface area (Å²) in [4.78, 5) is 26.3. The number of rotatable bonds is 6. The number of aryl methyl sites for hydroxylation is 1. The zero-order valence-corrected chi connectivity index (χ0v) is 22.7. The fraction of sp³-hybridized carbons (Fsp3) is 0.344. The predicted molar refractivity (Wildman–Crippen MR) is 152 cm³/mol. The molecule has 4 aromatic rings. The molecular weight excluding hydrogens is 517 g/mol. The molecule has 9 heteroatoms. The number of carbonyl (C=O) groups is 1. The summed E-state index contributed by atoms with van der Waals surface area (Å²) in [6.07, 6.45) is 5.05. The summed E-state index contributed by atoms with van der Waals surface area (Å²) >= 11 is 0. The second-order valence-corrected chi connectivity index (χ2v) is 12.0. The van der Waals surface area contributed by atoms with E-state index in [0.717, 1.165) is 65.7 Å². The molecule has 0 N–H and O–H groups in total. The molecular formula is C32H28FN7O. The summed E-state index contributed by atoms with van der Waals surface area (Å²) in [5, 5.41) is 8.34. The first-order valence-electron chi connectivity index (χ1n) is 14.2. The van der Waals surface area contributed by atoms with E-state index in [1.54, 1.807) is 23.4 Å². The van der Waals surface area contributed by atoms with Crippen molar-refractivity contribution < 1.29 is 9.18 Å². The molecule has 3 fully saturated rings. The van der Waals surface area contributed by atoms with Crippen LogP contribution in [0.4, 0.5) is 15.9 Å². The summed E-state index contributed by atoms with van der Waals surface area (Å²) in [7, 11) is 1.87. The van der Waals surface area contributed by atoms with E-state index in [1.807, 2.05) is 35.9 Å². The Balaban J connectivity index is 1.17. The highest BCUT2D eigenvalue weighted by molar-refractivity contribution is 6.10. The number of carbonyl (C=O) groups excluding carboxylic acids is 1. The van der Waals surface area contributed by atoms with E-state index < -0.39 is 0 Å². The standard InChI is InChI=1S/C32H28FN7O/c1-34-23-5-6-24(25(12-23)31-37-35-17-38(31)2)20-10-29(19-3-4-19)36-30(11-20)40-16-27-26(32(40)41)7-18(8-28(27)33)13-39-14-21-9-22(21)15-39/h5-8,10-12,17,19,21-22H,3-4,9,13-16H2,2H3. The average Bonchev–Trinajstić information content (AvgIpc) is 3.85. The molecule has 0 spiro atoms. The number of amides is 1. The van der Waals surface area contributed by atoms with Crippen molar-refractivity contribution in [1.29, 1.82) is 0 Å². The molecule has 204 valence electrons. The predicted octanol–water partition coefficient (Wildman–Crippen LogP) is 5.72. The van der Waals surface area contributed by atoms with Gasteiger partial charge in [0.05, 0.1) is 13.1 Å². The zero-order chi connectivity index (χ0) is 27.8. The summed E-state index contributed by atoms with van der Waals surface area (Å²) in [6, 6.07) is 13.0. The van der Waals surface area contributed by atoms with Gasteiger partial charge in [0.15, 0.2) is 11.5 Å². The number of halogens is 1. The van der Waals surface area contributed by atoms with Crippen LogP contribution in [0.25, 0.3) is 27.4 Å². The van der Waals surface area contributed by atoms with Crippen LogP contribution >= 0.6 is 0 Å². The first kappa shape index (κ1) is 24.4. The van der Waals surface area contributed by atoms with Crippen LogP contribution in [0.1, 0.15) is 52.4 Å². The molecule has 4 aliphatic rings. The number of aromatic nitrogens is 4. The molecule has 0 radical (unpaired) electrons. The van der Waals surface area contributed by atoms with Crippen LogP contribution in [0.3, 0.4) is 0 Å². The highest BCUT2D eigenvalue weighted by atomic mass is 19.1. The Hall–Kier alpha value is -4.42. The van der Waals surface area contributed by atoms with Gasteiger partial charge < -0.3 is 4.57 Å². The third kappa shape index (κ3) is 4.21. The lowest BCUT2D eigenvalue weighted by molar-refractivity contribution is 0.0995. The van der Waals surface area contributed by atoms with Crippen LogP contribution in [-0.4, -0.2) is 43.6 Å². The number of piperidine rings is 1. The maximum atomic E-state index is 15.4. The smallest absolute Gasteiger partial charge is 0.260 e. The van der Waals surface area contributed by atoms with Crippen molar-refractivity contribution in [2.75, 3.05) is 18.0 Å². The normalized spacial score (nSPS) is 21.2. The van der Waals surface area contributed by atoms with Crippen molar-refractivity contribution >= 4 is 17.4 Å². The van der Waals surface area contributed by atoms with Crippen LogP contribution < -0.4 is 4.90 Å². The molecule has 0 bridgehead atoms. The number of nitrogens with zero attached hydrogens (tertiary/aromatic N) is 7. The lowest BCUT2D eigenvalue weighted by Crippen LogP contribution is -2.24. The molecule has 2 saturated carbocycles. The van der Waals surface area contributed by atoms with E-state index in [-0.39, 0.29) is 18.3 Å². The van der Waals surface area contributed by atoms with Gasteiger partial charge in [-0.1, -0.05) is 12.1 Å².